The third kappa shape index (κ3) is 5.54. The first-order chi connectivity index (χ1) is 12.6. The summed E-state index contributed by atoms with van der Waals surface area (Å²) in [5, 5.41) is 10.1. The van der Waals surface area contributed by atoms with Crippen LogP contribution in [0.2, 0.25) is 0 Å². The van der Waals surface area contributed by atoms with E-state index in [1.54, 1.807) is 0 Å². The molecule has 1 aromatic heterocycles. The topological polar surface area (TPSA) is 61.5 Å². The van der Waals surface area contributed by atoms with Crippen LogP contribution in [0.25, 0.3) is 0 Å². The molecule has 0 atom stereocenters. The Hall–Kier alpha value is -2.39. The molecule has 2 rings (SSSR count). The quantitative estimate of drug-likeness (QED) is 0.479. The molecule has 0 saturated heterocycles. The molecule has 6 heteroatoms. The van der Waals surface area contributed by atoms with Crippen molar-refractivity contribution in [1.29, 1.82) is 5.26 Å². The molecule has 0 radical (unpaired) electrons. The van der Waals surface area contributed by atoms with Crippen LogP contribution in [0.15, 0.2) is 17.1 Å². The molecule has 0 bridgehead atoms. The fraction of sp³-hybridized carbons (Fsp3) is 0.476. The van der Waals surface area contributed by atoms with Crippen LogP contribution in [0.4, 0.5) is 5.69 Å². The molecule has 1 heterocycles. The number of hydrogen-bond acceptors (Lipinski definition) is 5. The Labute approximate surface area is 166 Å². The number of benzene rings is 1. The minimum atomic E-state index is 0.0642. The zero-order valence-corrected chi connectivity index (χ0v) is 18.1. The lowest BCUT2D eigenvalue weighted by Crippen LogP contribution is -2.14. The predicted octanol–water partition coefficient (Wildman–Crippen LogP) is 5.62. The van der Waals surface area contributed by atoms with Gasteiger partial charge in [-0.3, -0.25) is 0 Å². The monoisotopic (exact) mass is 384 g/mol. The van der Waals surface area contributed by atoms with Crippen LogP contribution in [-0.2, 0) is 6.42 Å². The van der Waals surface area contributed by atoms with Crippen molar-refractivity contribution in [3.63, 3.8) is 0 Å². The van der Waals surface area contributed by atoms with Crippen LogP contribution >= 0.6 is 11.5 Å². The van der Waals surface area contributed by atoms with Crippen molar-refractivity contribution in [1.82, 2.24) is 9.27 Å². The van der Waals surface area contributed by atoms with E-state index >= 15 is 0 Å². The molecule has 1 aromatic carbocycles. The minimum Gasteiger partial charge on any atom is -0.443 e. The van der Waals surface area contributed by atoms with Gasteiger partial charge >= 0.3 is 0 Å². The molecule has 0 saturated carbocycles. The molecule has 5 nitrogen and oxygen atoms in total. The molecule has 0 spiro atoms. The molecule has 0 aliphatic carbocycles. The zero-order chi connectivity index (χ0) is 20.2. The predicted molar refractivity (Wildman–Crippen MR) is 112 cm³/mol. The molecule has 0 aliphatic rings. The van der Waals surface area contributed by atoms with E-state index < -0.39 is 0 Å². The summed E-state index contributed by atoms with van der Waals surface area (Å²) in [5.74, 6) is 0.734. The van der Waals surface area contributed by atoms with Gasteiger partial charge in [0, 0.05) is 25.1 Å². The van der Waals surface area contributed by atoms with Gasteiger partial charge in [-0.1, -0.05) is 20.8 Å². The van der Waals surface area contributed by atoms with Crippen molar-refractivity contribution in [3.8, 4) is 16.9 Å². The van der Waals surface area contributed by atoms with E-state index in [1.807, 2.05) is 44.3 Å². The van der Waals surface area contributed by atoms with Crippen molar-refractivity contribution >= 4 is 23.6 Å². The summed E-state index contributed by atoms with van der Waals surface area (Å²) in [6, 6.07) is 6.24. The molecule has 2 aromatic rings. The average Bonchev–Trinajstić information content (AvgIpc) is 2.95. The molecule has 0 N–H and O–H groups in total. The third-order valence-electron chi connectivity index (χ3n) is 4.13. The van der Waals surface area contributed by atoms with Gasteiger partial charge in [-0.25, -0.2) is 4.99 Å². The molecule has 27 heavy (non-hydrogen) atoms. The second-order valence-electron chi connectivity index (χ2n) is 7.97. The number of rotatable bonds is 6. The number of aryl methyl sites for hydroxylation is 2. The summed E-state index contributed by atoms with van der Waals surface area (Å²) in [6.45, 7) is 13.4. The lowest BCUT2D eigenvalue weighted by atomic mass is 9.89. The highest BCUT2D eigenvalue weighted by molar-refractivity contribution is 7.08. The molecular weight excluding hydrogens is 356 g/mol. The van der Waals surface area contributed by atoms with Crippen LogP contribution in [0.1, 0.15) is 50.1 Å². The van der Waals surface area contributed by atoms with Crippen LogP contribution in [0.5, 0.6) is 10.8 Å². The van der Waals surface area contributed by atoms with Crippen molar-refractivity contribution in [2.45, 2.75) is 48.0 Å². The number of aliphatic imine (C=N–C) groups is 1. The average molecular weight is 385 g/mol. The van der Waals surface area contributed by atoms with Gasteiger partial charge in [0.2, 0.25) is 5.06 Å². The lowest BCUT2D eigenvalue weighted by molar-refractivity contribution is 0.406. The number of ether oxygens (including phenoxy) is 1. The molecule has 0 aliphatic heterocycles. The molecule has 0 amide bonds. The SMILES string of the molecule is CCN(C)/C=N\c1cc(C)c(Oc2snc(CC(C)(C)C)c2C#N)cc1C. The first kappa shape index (κ1) is 20.9. The standard InChI is InChI=1S/C21H28N4OS/c1-8-25(7)13-23-17-9-15(3)19(10-14(17)2)26-20-16(12-22)18(24-27-20)11-21(4,5)6/h9-10,13H,8,11H2,1-7H3/b23-13-. The van der Waals surface area contributed by atoms with E-state index in [4.69, 9.17) is 4.74 Å². The highest BCUT2D eigenvalue weighted by atomic mass is 32.1. The first-order valence-electron chi connectivity index (χ1n) is 9.06. The Morgan fingerprint density at radius 1 is 1.30 bits per heavy atom. The second kappa shape index (κ2) is 8.53. The minimum absolute atomic E-state index is 0.0642. The van der Waals surface area contributed by atoms with E-state index in [0.29, 0.717) is 10.6 Å². The summed E-state index contributed by atoms with van der Waals surface area (Å²) >= 11 is 1.24. The van der Waals surface area contributed by atoms with Crippen LogP contribution in [0, 0.1) is 30.6 Å². The Balaban J connectivity index is 2.30. The molecule has 144 valence electrons. The van der Waals surface area contributed by atoms with E-state index in [2.05, 4.69) is 43.1 Å². The highest BCUT2D eigenvalue weighted by Crippen LogP contribution is 2.37. The largest absolute Gasteiger partial charge is 0.443 e. The van der Waals surface area contributed by atoms with Gasteiger partial charge < -0.3 is 9.64 Å². The Morgan fingerprint density at radius 2 is 2.00 bits per heavy atom. The summed E-state index contributed by atoms with van der Waals surface area (Å²) in [5.41, 5.74) is 4.32. The van der Waals surface area contributed by atoms with Gasteiger partial charge in [-0.15, -0.1) is 0 Å². The van der Waals surface area contributed by atoms with E-state index in [-0.39, 0.29) is 5.41 Å². The summed E-state index contributed by atoms with van der Waals surface area (Å²) in [7, 11) is 1.99. The van der Waals surface area contributed by atoms with E-state index in [1.165, 1.54) is 11.5 Å². The van der Waals surface area contributed by atoms with Crippen LogP contribution in [0.3, 0.4) is 0 Å². The van der Waals surface area contributed by atoms with E-state index in [9.17, 15) is 5.26 Å². The van der Waals surface area contributed by atoms with Crippen LogP contribution in [-0.4, -0.2) is 29.2 Å². The van der Waals surface area contributed by atoms with Crippen molar-refractivity contribution < 1.29 is 4.74 Å². The van der Waals surface area contributed by atoms with Gasteiger partial charge in [0.15, 0.2) is 0 Å². The lowest BCUT2D eigenvalue weighted by Gasteiger charge is -2.16. The number of nitriles is 1. The molecular formula is C21H28N4OS. The van der Waals surface area contributed by atoms with Gasteiger partial charge in [-0.2, -0.15) is 9.64 Å². The normalized spacial score (nSPS) is 11.6. The van der Waals surface area contributed by atoms with Gasteiger partial charge in [0.1, 0.15) is 17.4 Å². The van der Waals surface area contributed by atoms with Crippen molar-refractivity contribution in [3.05, 3.63) is 34.5 Å². The van der Waals surface area contributed by atoms with Gasteiger partial charge in [-0.05, 0) is 55.9 Å². The van der Waals surface area contributed by atoms with E-state index in [0.717, 1.165) is 41.2 Å². The number of nitrogens with zero attached hydrogens (tertiary/aromatic N) is 4. The Morgan fingerprint density at radius 3 is 2.59 bits per heavy atom. The van der Waals surface area contributed by atoms with Gasteiger partial charge in [0.25, 0.3) is 0 Å². The van der Waals surface area contributed by atoms with Crippen molar-refractivity contribution in [2.75, 3.05) is 13.6 Å². The summed E-state index contributed by atoms with van der Waals surface area (Å²) in [4.78, 5) is 6.57. The second-order valence-corrected chi connectivity index (χ2v) is 8.70. The fourth-order valence-corrected chi connectivity index (χ4v) is 3.21. The Kier molecular flexibility index (Phi) is 6.61. The Bertz CT molecular complexity index is 872. The fourth-order valence-electron chi connectivity index (χ4n) is 2.47. The third-order valence-corrected chi connectivity index (χ3v) is 4.89. The summed E-state index contributed by atoms with van der Waals surface area (Å²) in [6.07, 6.45) is 2.57. The maximum Gasteiger partial charge on any atom is 0.218 e. The number of hydrogen-bond donors (Lipinski definition) is 0. The molecule has 0 unspecified atom stereocenters. The maximum absolute atomic E-state index is 9.59. The van der Waals surface area contributed by atoms with Gasteiger partial charge in [0.05, 0.1) is 17.7 Å². The number of aromatic nitrogens is 1. The maximum atomic E-state index is 9.59. The first-order valence-corrected chi connectivity index (χ1v) is 9.84. The zero-order valence-electron chi connectivity index (χ0n) is 17.3. The van der Waals surface area contributed by atoms with Crippen molar-refractivity contribution in [2.24, 2.45) is 10.4 Å². The highest BCUT2D eigenvalue weighted by Gasteiger charge is 2.21. The smallest absolute Gasteiger partial charge is 0.218 e. The summed E-state index contributed by atoms with van der Waals surface area (Å²) < 4.78 is 10.5. The molecule has 0 fully saturated rings. The van der Waals surface area contributed by atoms with Crippen LogP contribution < -0.4 is 4.74 Å².